The van der Waals surface area contributed by atoms with E-state index in [0.717, 1.165) is 4.90 Å². The van der Waals surface area contributed by atoms with E-state index in [0.29, 0.717) is 22.8 Å². The van der Waals surface area contributed by atoms with Crippen molar-refractivity contribution in [3.8, 4) is 5.75 Å². The Morgan fingerprint density at radius 1 is 0.946 bits per heavy atom. The highest BCUT2D eigenvalue weighted by Crippen LogP contribution is 2.32. The van der Waals surface area contributed by atoms with E-state index in [1.165, 1.54) is 30.3 Å². The van der Waals surface area contributed by atoms with E-state index in [-0.39, 0.29) is 21.6 Å². The number of rotatable bonds is 3. The summed E-state index contributed by atoms with van der Waals surface area (Å²) < 4.78 is 5.06. The molecule has 2 N–H and O–H groups in total. The van der Waals surface area contributed by atoms with Crippen molar-refractivity contribution in [1.29, 1.82) is 0 Å². The molecule has 0 spiro atoms. The number of nitrogens with one attached hydrogen (secondary N) is 2. The number of amides is 4. The second kappa shape index (κ2) is 11.4. The van der Waals surface area contributed by atoms with E-state index in [1.807, 2.05) is 6.07 Å². The van der Waals surface area contributed by atoms with E-state index in [9.17, 15) is 14.4 Å². The fraction of sp³-hybridized carbons (Fsp3) is 0.115. The fourth-order valence-corrected chi connectivity index (χ4v) is 3.56. The Balaban J connectivity index is 0.000000206. The lowest BCUT2D eigenvalue weighted by atomic mass is 10.1. The summed E-state index contributed by atoms with van der Waals surface area (Å²) >= 11 is 11.8. The van der Waals surface area contributed by atoms with Crippen LogP contribution in [-0.2, 0) is 4.79 Å². The van der Waals surface area contributed by atoms with Gasteiger partial charge in [0.25, 0.3) is 5.91 Å². The van der Waals surface area contributed by atoms with Crippen LogP contribution in [0.1, 0.15) is 13.8 Å². The number of hydrogen-bond acceptors (Lipinski definition) is 4. The van der Waals surface area contributed by atoms with Gasteiger partial charge in [0.05, 0.1) is 18.8 Å². The minimum absolute atomic E-state index is 0.216. The van der Waals surface area contributed by atoms with Gasteiger partial charge in [0.1, 0.15) is 11.3 Å². The summed E-state index contributed by atoms with van der Waals surface area (Å²) in [6, 6.07) is 17.3. The van der Waals surface area contributed by atoms with Gasteiger partial charge in [-0.15, -0.1) is 0 Å². The topological polar surface area (TPSA) is 96.5 Å². The summed E-state index contributed by atoms with van der Waals surface area (Å²) in [6.45, 7) is 17.0. The van der Waals surface area contributed by atoms with Gasteiger partial charge in [-0.3, -0.25) is 10.1 Å². The molecule has 0 bridgehead atoms. The normalized spacial score (nSPS) is 13.4. The highest BCUT2D eigenvalue weighted by Gasteiger charge is 2.45. The van der Waals surface area contributed by atoms with Gasteiger partial charge in [0.2, 0.25) is 11.4 Å². The molecule has 1 aliphatic rings. The van der Waals surface area contributed by atoms with Gasteiger partial charge in [-0.05, 0) is 50.2 Å². The summed E-state index contributed by atoms with van der Waals surface area (Å²) in [7, 11) is 0. The maximum absolute atomic E-state index is 12.0. The summed E-state index contributed by atoms with van der Waals surface area (Å²) in [6.07, 6.45) is -0.613. The first kappa shape index (κ1) is 27.0. The molecule has 186 valence electrons. The first-order valence-corrected chi connectivity index (χ1v) is 11.4. The average Bonchev–Trinajstić information content (AvgIpc) is 3.06. The molecule has 0 radical (unpaired) electrons. The van der Waals surface area contributed by atoms with Crippen LogP contribution >= 0.6 is 23.2 Å². The Labute approximate surface area is 223 Å². The Kier molecular flexibility index (Phi) is 8.36. The number of para-hydroxylation sites is 1. The van der Waals surface area contributed by atoms with Gasteiger partial charge >= 0.3 is 12.1 Å². The van der Waals surface area contributed by atoms with Gasteiger partial charge < -0.3 is 10.1 Å². The first-order chi connectivity index (χ1) is 17.6. The molecular formula is C26H19Cl2N5O4. The lowest BCUT2D eigenvalue weighted by molar-refractivity contribution is -0.121. The van der Waals surface area contributed by atoms with E-state index < -0.39 is 17.7 Å². The van der Waals surface area contributed by atoms with Crippen LogP contribution < -0.4 is 20.3 Å². The van der Waals surface area contributed by atoms with Gasteiger partial charge in [0.15, 0.2) is 0 Å². The Morgan fingerprint density at radius 2 is 1.54 bits per heavy atom. The predicted octanol–water partition coefficient (Wildman–Crippen LogP) is 7.23. The number of nitrogens with zero attached hydrogens (tertiary/aromatic N) is 3. The van der Waals surface area contributed by atoms with Crippen molar-refractivity contribution in [2.75, 3.05) is 10.2 Å². The molecule has 3 aromatic rings. The zero-order valence-corrected chi connectivity index (χ0v) is 21.1. The van der Waals surface area contributed by atoms with Crippen molar-refractivity contribution in [2.24, 2.45) is 0 Å². The highest BCUT2D eigenvalue weighted by atomic mass is 35.5. The number of imide groups is 1. The number of urea groups is 1. The molecule has 3 aromatic carbocycles. The Bertz CT molecular complexity index is 1450. The van der Waals surface area contributed by atoms with Crippen LogP contribution in [0.4, 0.5) is 32.3 Å². The van der Waals surface area contributed by atoms with E-state index in [1.54, 1.807) is 44.2 Å². The molecule has 1 saturated heterocycles. The second-order valence-corrected chi connectivity index (χ2v) is 8.86. The molecule has 11 heteroatoms. The molecule has 0 atom stereocenters. The molecule has 4 rings (SSSR count). The molecule has 0 aliphatic carbocycles. The Morgan fingerprint density at radius 3 is 2.05 bits per heavy atom. The maximum Gasteiger partial charge on any atom is 0.417 e. The summed E-state index contributed by atoms with van der Waals surface area (Å²) in [5.74, 6) is 0.100. The van der Waals surface area contributed by atoms with Gasteiger partial charge in [-0.1, -0.05) is 53.5 Å². The van der Waals surface area contributed by atoms with Crippen molar-refractivity contribution in [2.45, 2.75) is 19.4 Å². The van der Waals surface area contributed by atoms with Crippen molar-refractivity contribution in [3.05, 3.63) is 99.6 Å². The smallest absolute Gasteiger partial charge is 0.410 e. The largest absolute Gasteiger partial charge is 0.417 e. The van der Waals surface area contributed by atoms with Crippen LogP contribution in [0.3, 0.4) is 0 Å². The van der Waals surface area contributed by atoms with E-state index in [4.69, 9.17) is 41.1 Å². The number of carbonyl (C=O) groups excluding carboxylic acids is 3. The molecule has 37 heavy (non-hydrogen) atoms. The SMILES string of the molecule is [C-]#[N+]c1ccc(N2C(=O)NC(C)(C)C2=O)cc1Cl.[C-]#[N+]c1ccc(NC(=O)Oc2ccccc2)cc1Cl. The molecule has 0 aromatic heterocycles. The minimum Gasteiger partial charge on any atom is -0.410 e. The molecule has 4 amide bonds. The molecule has 1 aliphatic heterocycles. The van der Waals surface area contributed by atoms with Gasteiger partial charge in [0, 0.05) is 15.7 Å². The van der Waals surface area contributed by atoms with Crippen LogP contribution in [0.2, 0.25) is 10.0 Å². The zero-order chi connectivity index (χ0) is 27.2. The minimum atomic E-state index is -0.929. The second-order valence-electron chi connectivity index (χ2n) is 8.05. The quantitative estimate of drug-likeness (QED) is 0.273. The fourth-order valence-electron chi connectivity index (χ4n) is 3.12. The molecule has 0 unspecified atom stereocenters. The molecule has 1 fully saturated rings. The van der Waals surface area contributed by atoms with E-state index in [2.05, 4.69) is 20.3 Å². The third kappa shape index (κ3) is 6.56. The van der Waals surface area contributed by atoms with Crippen LogP contribution in [0.5, 0.6) is 5.75 Å². The predicted molar refractivity (Wildman–Crippen MR) is 142 cm³/mol. The number of benzene rings is 3. The van der Waals surface area contributed by atoms with Crippen molar-refractivity contribution in [3.63, 3.8) is 0 Å². The number of anilines is 2. The lowest BCUT2D eigenvalue weighted by Gasteiger charge is -2.16. The third-order valence-electron chi connectivity index (χ3n) is 4.94. The summed E-state index contributed by atoms with van der Waals surface area (Å²) in [4.78, 5) is 42.9. The average molecular weight is 536 g/mol. The number of hydrogen-bond donors (Lipinski definition) is 2. The van der Waals surface area contributed by atoms with Crippen molar-refractivity contribution < 1.29 is 19.1 Å². The van der Waals surface area contributed by atoms with Crippen LogP contribution in [0.25, 0.3) is 9.69 Å². The molecule has 1 heterocycles. The maximum atomic E-state index is 12.0. The zero-order valence-electron chi connectivity index (χ0n) is 19.6. The molecular weight excluding hydrogens is 517 g/mol. The van der Waals surface area contributed by atoms with Gasteiger partial charge in [-0.2, -0.15) is 0 Å². The summed E-state index contributed by atoms with van der Waals surface area (Å²) in [5.41, 5.74) is 0.524. The number of carbonyl (C=O) groups is 3. The lowest BCUT2D eigenvalue weighted by Crippen LogP contribution is -2.40. The third-order valence-corrected chi connectivity index (χ3v) is 5.54. The Hall–Kier alpha value is -4.57. The number of ether oxygens (including phenoxy) is 1. The monoisotopic (exact) mass is 535 g/mol. The molecule has 0 saturated carbocycles. The van der Waals surface area contributed by atoms with Crippen molar-refractivity contribution in [1.82, 2.24) is 5.32 Å². The first-order valence-electron chi connectivity index (χ1n) is 10.6. The van der Waals surface area contributed by atoms with Crippen LogP contribution in [-0.4, -0.2) is 23.6 Å². The molecule has 9 nitrogen and oxygen atoms in total. The summed E-state index contributed by atoms with van der Waals surface area (Å²) in [5, 5.41) is 5.61. The van der Waals surface area contributed by atoms with Gasteiger partial charge in [-0.25, -0.2) is 24.2 Å². The highest BCUT2D eigenvalue weighted by molar-refractivity contribution is 6.34. The standard InChI is InChI=1S/C14H9ClN2O2.C12H10ClN3O2/c1-16-13-8-7-10(9-12(13)15)17-14(18)19-11-5-3-2-4-6-11;1-12(2)10(17)16(11(18)15-12)7-4-5-9(14-3)8(13)6-7/h2-9H,(H,17,18);4-6H,1-2H3,(H,15,18). The van der Waals surface area contributed by atoms with Crippen LogP contribution in [0, 0.1) is 13.1 Å². The van der Waals surface area contributed by atoms with E-state index >= 15 is 0 Å². The number of halogens is 2. The van der Waals surface area contributed by atoms with Crippen molar-refractivity contribution >= 4 is 64.0 Å². The van der Waals surface area contributed by atoms with Crippen LogP contribution in [0.15, 0.2) is 66.7 Å².